The van der Waals surface area contributed by atoms with E-state index in [4.69, 9.17) is 0 Å². The molecule has 0 unspecified atom stereocenters. The lowest BCUT2D eigenvalue weighted by Gasteiger charge is -2.48. The van der Waals surface area contributed by atoms with E-state index < -0.39 is 0 Å². The van der Waals surface area contributed by atoms with Crippen LogP contribution in [0.25, 0.3) is 0 Å². The van der Waals surface area contributed by atoms with Crippen LogP contribution in [-0.4, -0.2) is 11.2 Å². The Bertz CT molecular complexity index is 398. The largest absolute Gasteiger partial charge is 0.393 e. The molecule has 1 N–H and O–H groups in total. The molecule has 0 aromatic heterocycles. The molecule has 0 spiro atoms. The molecule has 0 radical (unpaired) electrons. The van der Waals surface area contributed by atoms with Crippen molar-refractivity contribution in [2.45, 2.75) is 50.5 Å². The molecule has 2 aliphatic rings. The van der Waals surface area contributed by atoms with Crippen molar-refractivity contribution in [2.75, 3.05) is 0 Å². The molecule has 1 heteroatoms. The number of aliphatic hydroxyl groups is 1. The number of hydrogen-bond acceptors (Lipinski definition) is 1. The topological polar surface area (TPSA) is 20.2 Å². The summed E-state index contributed by atoms with van der Waals surface area (Å²) in [5.74, 6) is 0.483. The maximum absolute atomic E-state index is 10.2. The van der Waals surface area contributed by atoms with Crippen LogP contribution in [0.4, 0.5) is 0 Å². The Morgan fingerprint density at radius 3 is 2.94 bits per heavy atom. The lowest BCUT2D eigenvalue weighted by Crippen LogP contribution is -2.46. The molecule has 0 aliphatic heterocycles. The summed E-state index contributed by atoms with van der Waals surface area (Å²) in [4.78, 5) is 0. The average Bonchev–Trinajstić information content (AvgIpc) is 2.29. The number of hydrogen-bond donors (Lipinski definition) is 1. The van der Waals surface area contributed by atoms with E-state index in [0.717, 1.165) is 19.3 Å². The average molecular weight is 216 g/mol. The third kappa shape index (κ3) is 1.34. The summed E-state index contributed by atoms with van der Waals surface area (Å²) < 4.78 is 0. The Morgan fingerprint density at radius 2 is 2.06 bits per heavy atom. The first-order chi connectivity index (χ1) is 7.72. The van der Waals surface area contributed by atoms with Gasteiger partial charge < -0.3 is 5.11 Å². The summed E-state index contributed by atoms with van der Waals surface area (Å²) in [6.45, 7) is 2.36. The lowest BCUT2D eigenvalue weighted by atomic mass is 9.57. The van der Waals surface area contributed by atoms with E-state index in [2.05, 4.69) is 31.2 Å². The second kappa shape index (κ2) is 3.59. The molecule has 1 aromatic carbocycles. The molecule has 3 rings (SSSR count). The molecule has 1 fully saturated rings. The second-order valence-electron chi connectivity index (χ2n) is 5.68. The highest BCUT2D eigenvalue weighted by Crippen LogP contribution is 2.49. The van der Waals surface area contributed by atoms with Crippen LogP contribution < -0.4 is 0 Å². The Balaban J connectivity index is 2.09. The molecule has 3 atom stereocenters. The van der Waals surface area contributed by atoms with Crippen molar-refractivity contribution in [1.29, 1.82) is 0 Å². The van der Waals surface area contributed by atoms with Crippen LogP contribution in [0.5, 0.6) is 0 Å². The Morgan fingerprint density at radius 1 is 1.25 bits per heavy atom. The maximum Gasteiger partial charge on any atom is 0.0576 e. The van der Waals surface area contributed by atoms with Gasteiger partial charge in [-0.25, -0.2) is 0 Å². The van der Waals surface area contributed by atoms with Crippen molar-refractivity contribution in [3.63, 3.8) is 0 Å². The monoisotopic (exact) mass is 216 g/mol. The van der Waals surface area contributed by atoms with Gasteiger partial charge in [-0.05, 0) is 54.6 Å². The van der Waals surface area contributed by atoms with E-state index in [1.54, 1.807) is 0 Å². The molecule has 0 amide bonds. The third-order valence-electron chi connectivity index (χ3n) is 4.84. The van der Waals surface area contributed by atoms with Crippen LogP contribution in [0.1, 0.15) is 43.7 Å². The summed E-state index contributed by atoms with van der Waals surface area (Å²) in [6, 6.07) is 8.83. The van der Waals surface area contributed by atoms with E-state index in [0.29, 0.717) is 5.92 Å². The molecular weight excluding hydrogens is 196 g/mol. The van der Waals surface area contributed by atoms with Gasteiger partial charge in [0.05, 0.1) is 6.10 Å². The van der Waals surface area contributed by atoms with Crippen LogP contribution in [-0.2, 0) is 11.8 Å². The van der Waals surface area contributed by atoms with Gasteiger partial charge in [0, 0.05) is 0 Å². The zero-order chi connectivity index (χ0) is 11.2. The highest BCUT2D eigenvalue weighted by molar-refractivity contribution is 5.38. The summed E-state index contributed by atoms with van der Waals surface area (Å²) in [5.41, 5.74) is 3.24. The van der Waals surface area contributed by atoms with Gasteiger partial charge in [-0.15, -0.1) is 0 Å². The smallest absolute Gasteiger partial charge is 0.0576 e. The van der Waals surface area contributed by atoms with Crippen LogP contribution in [0.2, 0.25) is 0 Å². The quantitative estimate of drug-likeness (QED) is 0.706. The van der Waals surface area contributed by atoms with Gasteiger partial charge in [-0.2, -0.15) is 0 Å². The fourth-order valence-electron chi connectivity index (χ4n) is 3.94. The molecule has 0 bridgehead atoms. The fourth-order valence-corrected chi connectivity index (χ4v) is 3.94. The highest BCUT2D eigenvalue weighted by atomic mass is 16.3. The van der Waals surface area contributed by atoms with E-state index in [1.807, 2.05) is 0 Å². The molecule has 1 nitrogen and oxygen atoms in total. The molecule has 0 heterocycles. The van der Waals surface area contributed by atoms with Crippen LogP contribution in [0.15, 0.2) is 24.3 Å². The van der Waals surface area contributed by atoms with Gasteiger partial charge in [0.2, 0.25) is 0 Å². The summed E-state index contributed by atoms with van der Waals surface area (Å²) in [6.07, 6.45) is 5.64. The van der Waals surface area contributed by atoms with Crippen molar-refractivity contribution in [2.24, 2.45) is 5.92 Å². The first-order valence-corrected chi connectivity index (χ1v) is 6.48. The van der Waals surface area contributed by atoms with E-state index >= 15 is 0 Å². The highest BCUT2D eigenvalue weighted by Gasteiger charge is 2.45. The molecule has 86 valence electrons. The van der Waals surface area contributed by atoms with Crippen LogP contribution in [0, 0.1) is 5.92 Å². The molecule has 1 aromatic rings. The first kappa shape index (κ1) is 10.3. The summed E-state index contributed by atoms with van der Waals surface area (Å²) >= 11 is 0. The van der Waals surface area contributed by atoms with Gasteiger partial charge in [0.25, 0.3) is 0 Å². The Labute approximate surface area is 97.5 Å². The Kier molecular flexibility index (Phi) is 2.32. The van der Waals surface area contributed by atoms with Crippen LogP contribution >= 0.6 is 0 Å². The normalized spacial score (nSPS) is 37.6. The minimum Gasteiger partial charge on any atom is -0.393 e. The molecule has 2 aliphatic carbocycles. The minimum absolute atomic E-state index is 0.0768. The zero-order valence-electron chi connectivity index (χ0n) is 9.95. The van der Waals surface area contributed by atoms with Crippen molar-refractivity contribution in [3.05, 3.63) is 35.4 Å². The van der Waals surface area contributed by atoms with E-state index in [-0.39, 0.29) is 11.5 Å². The van der Waals surface area contributed by atoms with Gasteiger partial charge in [-0.3, -0.25) is 0 Å². The number of fused-ring (bicyclic) bond motifs is 3. The first-order valence-electron chi connectivity index (χ1n) is 6.48. The molecular formula is C15H20O. The van der Waals surface area contributed by atoms with Crippen molar-refractivity contribution in [1.82, 2.24) is 0 Å². The van der Waals surface area contributed by atoms with E-state index in [9.17, 15) is 5.11 Å². The zero-order valence-corrected chi connectivity index (χ0v) is 9.95. The van der Waals surface area contributed by atoms with Gasteiger partial charge in [0.15, 0.2) is 0 Å². The van der Waals surface area contributed by atoms with E-state index in [1.165, 1.54) is 24.0 Å². The minimum atomic E-state index is -0.0768. The van der Waals surface area contributed by atoms with Crippen LogP contribution in [0.3, 0.4) is 0 Å². The van der Waals surface area contributed by atoms with Crippen molar-refractivity contribution in [3.8, 4) is 0 Å². The molecule has 1 saturated carbocycles. The van der Waals surface area contributed by atoms with Crippen molar-refractivity contribution >= 4 is 0 Å². The third-order valence-corrected chi connectivity index (χ3v) is 4.84. The standard InChI is InChI=1S/C15H20O/c1-15-10-4-7-14(16)13(15)9-8-11-5-2-3-6-12(11)15/h2-3,5-6,13-14,16H,4,7-10H2,1H3/t13-,14+,15-/m1/s1. The number of aryl methyl sites for hydroxylation is 1. The van der Waals surface area contributed by atoms with Crippen molar-refractivity contribution < 1.29 is 5.11 Å². The predicted octanol–water partition coefficient (Wildman–Crippen LogP) is 3.05. The van der Waals surface area contributed by atoms with Gasteiger partial charge >= 0.3 is 0 Å². The molecule has 16 heavy (non-hydrogen) atoms. The maximum atomic E-state index is 10.2. The SMILES string of the molecule is C[C@]12CCC[C@H](O)[C@H]1CCc1ccccc12. The number of aliphatic hydroxyl groups excluding tert-OH is 1. The fraction of sp³-hybridized carbons (Fsp3) is 0.600. The van der Waals surface area contributed by atoms with Gasteiger partial charge in [-0.1, -0.05) is 31.2 Å². The molecule has 0 saturated heterocycles. The predicted molar refractivity (Wildman–Crippen MR) is 65.5 cm³/mol. The lowest BCUT2D eigenvalue weighted by molar-refractivity contribution is 0.0103. The number of benzene rings is 1. The Hall–Kier alpha value is -0.820. The second-order valence-corrected chi connectivity index (χ2v) is 5.68. The summed E-state index contributed by atoms with van der Waals surface area (Å²) in [7, 11) is 0. The number of rotatable bonds is 0. The summed E-state index contributed by atoms with van der Waals surface area (Å²) in [5, 5.41) is 10.2. The van der Waals surface area contributed by atoms with Gasteiger partial charge in [0.1, 0.15) is 0 Å².